The Kier molecular flexibility index (Phi) is 7.66. The Morgan fingerprint density at radius 2 is 1.93 bits per heavy atom. The molecule has 2 rings (SSSR count). The third-order valence-electron chi connectivity index (χ3n) is 4.62. The third-order valence-corrected chi connectivity index (χ3v) is 4.62. The van der Waals surface area contributed by atoms with Gasteiger partial charge in [-0.1, -0.05) is 36.8 Å². The second kappa shape index (κ2) is 9.74. The standard InChI is InChI=1S/C21H33N3O3/c1-16(23-20(26)27-21(2,3)4)19(25)22-14-18-12-8-9-13-24(18)15-17-10-6-5-7-11-17/h5-7,10-11,16,18H,8-9,12-15H2,1-4H3,(H,22,25)(H,23,26)/t16-,18?/m1/s1. The van der Waals surface area contributed by atoms with Crippen LogP contribution in [0.5, 0.6) is 0 Å². The van der Waals surface area contributed by atoms with E-state index in [4.69, 9.17) is 4.74 Å². The largest absolute Gasteiger partial charge is 0.444 e. The second-order valence-electron chi connectivity index (χ2n) is 8.22. The first kappa shape index (κ1) is 21.2. The van der Waals surface area contributed by atoms with E-state index >= 15 is 0 Å². The SMILES string of the molecule is C[C@@H](NC(=O)OC(C)(C)C)C(=O)NCC1CCCCN1Cc1ccccc1. The van der Waals surface area contributed by atoms with Gasteiger partial charge in [-0.05, 0) is 52.6 Å². The molecule has 0 aromatic heterocycles. The van der Waals surface area contributed by atoms with Crippen molar-refractivity contribution in [2.24, 2.45) is 0 Å². The van der Waals surface area contributed by atoms with E-state index in [0.717, 1.165) is 19.5 Å². The number of hydrogen-bond acceptors (Lipinski definition) is 4. The molecule has 1 aliphatic heterocycles. The first-order chi connectivity index (χ1) is 12.7. The Labute approximate surface area is 162 Å². The number of carbonyl (C=O) groups is 2. The van der Waals surface area contributed by atoms with E-state index in [1.54, 1.807) is 27.7 Å². The maximum Gasteiger partial charge on any atom is 0.408 e. The first-order valence-corrected chi connectivity index (χ1v) is 9.80. The molecule has 6 nitrogen and oxygen atoms in total. The molecule has 27 heavy (non-hydrogen) atoms. The molecule has 2 atom stereocenters. The van der Waals surface area contributed by atoms with Gasteiger partial charge in [0.15, 0.2) is 0 Å². The lowest BCUT2D eigenvalue weighted by atomic mass is 10.0. The zero-order valence-electron chi connectivity index (χ0n) is 17.0. The van der Waals surface area contributed by atoms with Crippen LogP contribution >= 0.6 is 0 Å². The van der Waals surface area contributed by atoms with Crippen LogP contribution in [0.1, 0.15) is 52.5 Å². The van der Waals surface area contributed by atoms with Crippen molar-refractivity contribution < 1.29 is 14.3 Å². The van der Waals surface area contributed by atoms with Gasteiger partial charge in [0.05, 0.1) is 0 Å². The summed E-state index contributed by atoms with van der Waals surface area (Å²) in [4.78, 5) is 26.6. The van der Waals surface area contributed by atoms with Crippen molar-refractivity contribution in [1.29, 1.82) is 0 Å². The van der Waals surface area contributed by atoms with Crippen LogP contribution in [0.4, 0.5) is 4.79 Å². The Hall–Kier alpha value is -2.08. The van der Waals surface area contributed by atoms with Crippen molar-refractivity contribution in [1.82, 2.24) is 15.5 Å². The summed E-state index contributed by atoms with van der Waals surface area (Å²) in [5, 5.41) is 5.57. The van der Waals surface area contributed by atoms with Crippen molar-refractivity contribution in [2.75, 3.05) is 13.1 Å². The summed E-state index contributed by atoms with van der Waals surface area (Å²) in [7, 11) is 0. The lowest BCUT2D eigenvalue weighted by Gasteiger charge is -2.36. The second-order valence-corrected chi connectivity index (χ2v) is 8.22. The van der Waals surface area contributed by atoms with Crippen molar-refractivity contribution in [2.45, 2.75) is 71.2 Å². The fraction of sp³-hybridized carbons (Fsp3) is 0.619. The summed E-state index contributed by atoms with van der Waals surface area (Å²) in [5.74, 6) is -0.189. The Balaban J connectivity index is 1.82. The monoisotopic (exact) mass is 375 g/mol. The van der Waals surface area contributed by atoms with Gasteiger partial charge in [-0.2, -0.15) is 0 Å². The molecule has 0 bridgehead atoms. The average molecular weight is 376 g/mol. The van der Waals surface area contributed by atoms with Crippen molar-refractivity contribution in [3.63, 3.8) is 0 Å². The van der Waals surface area contributed by atoms with Crippen LogP contribution in [0.25, 0.3) is 0 Å². The molecule has 150 valence electrons. The molecule has 6 heteroatoms. The van der Waals surface area contributed by atoms with Gasteiger partial charge in [-0.3, -0.25) is 9.69 Å². The Morgan fingerprint density at radius 1 is 1.22 bits per heavy atom. The maximum atomic E-state index is 12.4. The predicted octanol–water partition coefficient (Wildman–Crippen LogP) is 3.07. The third kappa shape index (κ3) is 7.59. The van der Waals surface area contributed by atoms with Crippen LogP contribution in [0.3, 0.4) is 0 Å². The molecule has 1 aliphatic rings. The molecule has 0 spiro atoms. The minimum atomic E-state index is -0.633. The first-order valence-electron chi connectivity index (χ1n) is 9.80. The minimum Gasteiger partial charge on any atom is -0.444 e. The topological polar surface area (TPSA) is 70.7 Å². The van der Waals surface area contributed by atoms with Gasteiger partial charge in [-0.25, -0.2) is 4.79 Å². The van der Waals surface area contributed by atoms with Crippen LogP contribution in [0, 0.1) is 0 Å². The van der Waals surface area contributed by atoms with Crippen LogP contribution in [-0.2, 0) is 16.1 Å². The highest BCUT2D eigenvalue weighted by Gasteiger charge is 2.25. The van der Waals surface area contributed by atoms with Crippen LogP contribution in [0.15, 0.2) is 30.3 Å². The van der Waals surface area contributed by atoms with Crippen molar-refractivity contribution in [3.05, 3.63) is 35.9 Å². The number of likely N-dealkylation sites (tertiary alicyclic amines) is 1. The number of nitrogens with zero attached hydrogens (tertiary/aromatic N) is 1. The molecule has 1 aromatic rings. The number of piperidine rings is 1. The van der Waals surface area contributed by atoms with Gasteiger partial charge in [0.2, 0.25) is 5.91 Å². The lowest BCUT2D eigenvalue weighted by Crippen LogP contribution is -2.51. The molecule has 1 fully saturated rings. The van der Waals surface area contributed by atoms with E-state index in [1.807, 2.05) is 6.07 Å². The van der Waals surface area contributed by atoms with Gasteiger partial charge in [-0.15, -0.1) is 0 Å². The summed E-state index contributed by atoms with van der Waals surface area (Å²) in [6.45, 7) is 9.58. The fourth-order valence-corrected chi connectivity index (χ4v) is 3.24. The maximum absolute atomic E-state index is 12.4. The van der Waals surface area contributed by atoms with Gasteiger partial charge < -0.3 is 15.4 Å². The Morgan fingerprint density at radius 3 is 2.59 bits per heavy atom. The molecule has 1 unspecified atom stereocenters. The smallest absolute Gasteiger partial charge is 0.408 e. The highest BCUT2D eigenvalue weighted by atomic mass is 16.6. The number of carbonyl (C=O) groups excluding carboxylic acids is 2. The number of amides is 2. The average Bonchev–Trinajstić information content (AvgIpc) is 2.60. The van der Waals surface area contributed by atoms with Crippen molar-refractivity contribution >= 4 is 12.0 Å². The summed E-state index contributed by atoms with van der Waals surface area (Å²) in [5.41, 5.74) is 0.705. The molecular weight excluding hydrogens is 342 g/mol. The van der Waals surface area contributed by atoms with Crippen molar-refractivity contribution in [3.8, 4) is 0 Å². The minimum absolute atomic E-state index is 0.189. The fourth-order valence-electron chi connectivity index (χ4n) is 3.24. The van der Waals surface area contributed by atoms with E-state index < -0.39 is 17.7 Å². The summed E-state index contributed by atoms with van der Waals surface area (Å²) in [6.07, 6.45) is 2.86. The highest BCUT2D eigenvalue weighted by molar-refractivity contribution is 5.85. The zero-order valence-corrected chi connectivity index (χ0v) is 17.0. The summed E-state index contributed by atoms with van der Waals surface area (Å²) < 4.78 is 5.20. The molecule has 1 aromatic carbocycles. The molecule has 2 N–H and O–H groups in total. The van der Waals surface area contributed by atoms with E-state index in [2.05, 4.69) is 39.8 Å². The number of ether oxygens (including phenoxy) is 1. The van der Waals surface area contributed by atoms with E-state index in [-0.39, 0.29) is 5.91 Å². The number of benzene rings is 1. The van der Waals surface area contributed by atoms with E-state index in [9.17, 15) is 9.59 Å². The molecule has 1 saturated heterocycles. The van der Waals surface area contributed by atoms with Crippen LogP contribution < -0.4 is 10.6 Å². The summed E-state index contributed by atoms with van der Waals surface area (Å²) >= 11 is 0. The number of alkyl carbamates (subject to hydrolysis) is 1. The normalized spacial score (nSPS) is 19.2. The predicted molar refractivity (Wildman–Crippen MR) is 106 cm³/mol. The number of rotatable bonds is 6. The van der Waals surface area contributed by atoms with Gasteiger partial charge in [0.25, 0.3) is 0 Å². The molecule has 0 radical (unpaired) electrons. The zero-order chi connectivity index (χ0) is 19.9. The number of hydrogen-bond donors (Lipinski definition) is 2. The van der Waals surface area contributed by atoms with Crippen LogP contribution in [-0.4, -0.2) is 47.7 Å². The molecule has 2 amide bonds. The van der Waals surface area contributed by atoms with Gasteiger partial charge in [0, 0.05) is 19.1 Å². The molecule has 0 aliphatic carbocycles. The van der Waals surface area contributed by atoms with Crippen LogP contribution in [0.2, 0.25) is 0 Å². The summed E-state index contributed by atoms with van der Waals surface area (Å²) in [6, 6.07) is 10.1. The molecular formula is C21H33N3O3. The molecule has 1 heterocycles. The highest BCUT2D eigenvalue weighted by Crippen LogP contribution is 2.19. The molecule has 0 saturated carbocycles. The lowest BCUT2D eigenvalue weighted by molar-refractivity contribution is -0.123. The van der Waals surface area contributed by atoms with Gasteiger partial charge >= 0.3 is 6.09 Å². The van der Waals surface area contributed by atoms with Gasteiger partial charge in [0.1, 0.15) is 11.6 Å². The number of nitrogens with one attached hydrogen (secondary N) is 2. The quantitative estimate of drug-likeness (QED) is 0.802. The van der Waals surface area contributed by atoms with E-state index in [1.165, 1.54) is 18.4 Å². The van der Waals surface area contributed by atoms with E-state index in [0.29, 0.717) is 12.6 Å². The Bertz CT molecular complexity index is 613.